The molecule has 0 amide bonds. The highest BCUT2D eigenvalue weighted by molar-refractivity contribution is 5.96. The Bertz CT molecular complexity index is 996. The molecule has 116 valence electrons. The maximum atomic E-state index is 4.91. The number of benzene rings is 3. The van der Waals surface area contributed by atoms with E-state index in [0.717, 1.165) is 11.2 Å². The van der Waals surface area contributed by atoms with Crippen LogP contribution in [-0.2, 0) is 0 Å². The van der Waals surface area contributed by atoms with E-state index in [1.807, 2.05) is 0 Å². The SMILES string of the molecule is Cc1cc(C)cc(-c2cc(-c3ccccc3)c3ccccc3n2)c1. The third kappa shape index (κ3) is 2.69. The van der Waals surface area contributed by atoms with Crippen LogP contribution in [0.4, 0.5) is 0 Å². The highest BCUT2D eigenvalue weighted by Gasteiger charge is 2.09. The third-order valence-corrected chi connectivity index (χ3v) is 4.32. The van der Waals surface area contributed by atoms with Gasteiger partial charge >= 0.3 is 0 Å². The van der Waals surface area contributed by atoms with Crippen LogP contribution >= 0.6 is 0 Å². The molecule has 0 radical (unpaired) electrons. The number of nitrogens with zero attached hydrogens (tertiary/aromatic N) is 1. The van der Waals surface area contributed by atoms with Crippen LogP contribution in [0, 0.1) is 13.8 Å². The smallest absolute Gasteiger partial charge is 0.0716 e. The van der Waals surface area contributed by atoms with E-state index in [9.17, 15) is 0 Å². The Morgan fingerprint density at radius 3 is 2.04 bits per heavy atom. The van der Waals surface area contributed by atoms with Gasteiger partial charge in [0.25, 0.3) is 0 Å². The first-order valence-corrected chi connectivity index (χ1v) is 8.24. The predicted molar refractivity (Wildman–Crippen MR) is 102 cm³/mol. The number of para-hydroxylation sites is 1. The average Bonchev–Trinajstić information content (AvgIpc) is 2.61. The first-order chi connectivity index (χ1) is 11.7. The van der Waals surface area contributed by atoms with Crippen molar-refractivity contribution >= 4 is 10.9 Å². The lowest BCUT2D eigenvalue weighted by Gasteiger charge is -2.11. The van der Waals surface area contributed by atoms with Gasteiger partial charge in [-0.15, -0.1) is 0 Å². The topological polar surface area (TPSA) is 12.9 Å². The summed E-state index contributed by atoms with van der Waals surface area (Å²) in [6.45, 7) is 4.27. The number of aryl methyl sites for hydroxylation is 2. The lowest BCUT2D eigenvalue weighted by atomic mass is 9.97. The molecule has 0 fully saturated rings. The van der Waals surface area contributed by atoms with E-state index < -0.39 is 0 Å². The fourth-order valence-electron chi connectivity index (χ4n) is 3.30. The van der Waals surface area contributed by atoms with Crippen molar-refractivity contribution < 1.29 is 0 Å². The van der Waals surface area contributed by atoms with Gasteiger partial charge in [-0.1, -0.05) is 65.7 Å². The Kier molecular flexibility index (Phi) is 3.62. The zero-order valence-corrected chi connectivity index (χ0v) is 14.0. The largest absolute Gasteiger partial charge is 0.248 e. The lowest BCUT2D eigenvalue weighted by molar-refractivity contribution is 1.34. The quantitative estimate of drug-likeness (QED) is 0.430. The summed E-state index contributed by atoms with van der Waals surface area (Å²) in [5.41, 5.74) is 8.22. The number of rotatable bonds is 2. The van der Waals surface area contributed by atoms with E-state index >= 15 is 0 Å². The third-order valence-electron chi connectivity index (χ3n) is 4.32. The Morgan fingerprint density at radius 2 is 1.29 bits per heavy atom. The van der Waals surface area contributed by atoms with Crippen LogP contribution in [0.3, 0.4) is 0 Å². The molecule has 0 N–H and O–H groups in total. The van der Waals surface area contributed by atoms with E-state index in [2.05, 4.69) is 92.7 Å². The van der Waals surface area contributed by atoms with E-state index in [-0.39, 0.29) is 0 Å². The summed E-state index contributed by atoms with van der Waals surface area (Å²) in [5, 5.41) is 1.19. The molecular weight excluding hydrogens is 290 g/mol. The van der Waals surface area contributed by atoms with Crippen LogP contribution in [0.5, 0.6) is 0 Å². The highest BCUT2D eigenvalue weighted by atomic mass is 14.7. The summed E-state index contributed by atoms with van der Waals surface area (Å²) in [5.74, 6) is 0. The maximum absolute atomic E-state index is 4.91. The molecule has 0 saturated carbocycles. The number of hydrogen-bond acceptors (Lipinski definition) is 1. The molecule has 1 heteroatoms. The van der Waals surface area contributed by atoms with Gasteiger partial charge in [0.2, 0.25) is 0 Å². The minimum absolute atomic E-state index is 1.03. The van der Waals surface area contributed by atoms with E-state index in [1.54, 1.807) is 0 Å². The first kappa shape index (κ1) is 14.6. The van der Waals surface area contributed by atoms with Gasteiger partial charge in [0, 0.05) is 10.9 Å². The van der Waals surface area contributed by atoms with Crippen LogP contribution in [0.1, 0.15) is 11.1 Å². The minimum atomic E-state index is 1.03. The van der Waals surface area contributed by atoms with E-state index in [0.29, 0.717) is 0 Å². The van der Waals surface area contributed by atoms with Crippen molar-refractivity contribution in [1.82, 2.24) is 4.98 Å². The van der Waals surface area contributed by atoms with Gasteiger partial charge in [-0.2, -0.15) is 0 Å². The molecule has 0 aliphatic heterocycles. The molecule has 0 aliphatic carbocycles. The van der Waals surface area contributed by atoms with Crippen molar-refractivity contribution in [2.45, 2.75) is 13.8 Å². The van der Waals surface area contributed by atoms with Gasteiger partial charge in [0.05, 0.1) is 11.2 Å². The summed E-state index contributed by atoms with van der Waals surface area (Å²) < 4.78 is 0. The van der Waals surface area contributed by atoms with Crippen LogP contribution in [-0.4, -0.2) is 4.98 Å². The fourth-order valence-corrected chi connectivity index (χ4v) is 3.30. The van der Waals surface area contributed by atoms with Gasteiger partial charge < -0.3 is 0 Å². The van der Waals surface area contributed by atoms with Gasteiger partial charge in [-0.25, -0.2) is 4.98 Å². The molecule has 4 rings (SSSR count). The molecule has 24 heavy (non-hydrogen) atoms. The summed E-state index contributed by atoms with van der Waals surface area (Å²) in [4.78, 5) is 4.91. The Morgan fingerprint density at radius 1 is 0.625 bits per heavy atom. The summed E-state index contributed by atoms with van der Waals surface area (Å²) in [6.07, 6.45) is 0. The van der Waals surface area contributed by atoms with Gasteiger partial charge in [-0.3, -0.25) is 0 Å². The van der Waals surface area contributed by atoms with Gasteiger partial charge in [0.1, 0.15) is 0 Å². The predicted octanol–water partition coefficient (Wildman–Crippen LogP) is 6.19. The number of pyridine rings is 1. The number of fused-ring (bicyclic) bond motifs is 1. The monoisotopic (exact) mass is 309 g/mol. The Hall–Kier alpha value is -2.93. The molecule has 1 aromatic heterocycles. The Labute approximate surface area is 142 Å². The molecule has 0 spiro atoms. The van der Waals surface area contributed by atoms with Crippen LogP contribution in [0.25, 0.3) is 33.3 Å². The molecule has 0 saturated heterocycles. The zero-order chi connectivity index (χ0) is 16.5. The molecule has 0 bridgehead atoms. The molecule has 3 aromatic carbocycles. The molecule has 0 aliphatic rings. The second-order valence-electron chi connectivity index (χ2n) is 6.31. The molecule has 1 heterocycles. The van der Waals surface area contributed by atoms with Crippen molar-refractivity contribution in [3.8, 4) is 22.4 Å². The van der Waals surface area contributed by atoms with Crippen molar-refractivity contribution in [3.05, 3.63) is 90.0 Å². The maximum Gasteiger partial charge on any atom is 0.0716 e. The Balaban J connectivity index is 2.01. The van der Waals surface area contributed by atoms with Crippen LogP contribution in [0.15, 0.2) is 78.9 Å². The first-order valence-electron chi connectivity index (χ1n) is 8.24. The van der Waals surface area contributed by atoms with Crippen LogP contribution in [0.2, 0.25) is 0 Å². The fraction of sp³-hybridized carbons (Fsp3) is 0.0870. The molecule has 0 atom stereocenters. The molecule has 4 aromatic rings. The average molecular weight is 309 g/mol. The highest BCUT2D eigenvalue weighted by Crippen LogP contribution is 2.32. The second kappa shape index (κ2) is 5.93. The number of hydrogen-bond donors (Lipinski definition) is 0. The van der Waals surface area contributed by atoms with Gasteiger partial charge in [-0.05, 0) is 49.2 Å². The molecule has 1 nitrogen and oxygen atoms in total. The number of aromatic nitrogens is 1. The zero-order valence-electron chi connectivity index (χ0n) is 14.0. The van der Waals surface area contributed by atoms with Crippen molar-refractivity contribution in [3.63, 3.8) is 0 Å². The lowest BCUT2D eigenvalue weighted by Crippen LogP contribution is -1.91. The summed E-state index contributed by atoms with van der Waals surface area (Å²) in [6, 6.07) is 27.7. The summed E-state index contributed by atoms with van der Waals surface area (Å²) in [7, 11) is 0. The molecule has 0 unspecified atom stereocenters. The summed E-state index contributed by atoms with van der Waals surface area (Å²) >= 11 is 0. The minimum Gasteiger partial charge on any atom is -0.248 e. The van der Waals surface area contributed by atoms with Gasteiger partial charge in [0.15, 0.2) is 0 Å². The second-order valence-corrected chi connectivity index (χ2v) is 6.31. The normalized spacial score (nSPS) is 10.9. The standard InChI is InChI=1S/C23H19N/c1-16-12-17(2)14-19(13-16)23-15-21(18-8-4-3-5-9-18)20-10-6-7-11-22(20)24-23/h3-15H,1-2H3. The van der Waals surface area contributed by atoms with Crippen molar-refractivity contribution in [2.75, 3.05) is 0 Å². The van der Waals surface area contributed by atoms with E-state index in [4.69, 9.17) is 4.98 Å². The molecular formula is C23H19N. The van der Waals surface area contributed by atoms with Crippen molar-refractivity contribution in [1.29, 1.82) is 0 Å². The van der Waals surface area contributed by atoms with Crippen LogP contribution < -0.4 is 0 Å². The van der Waals surface area contributed by atoms with Crippen molar-refractivity contribution in [2.24, 2.45) is 0 Å². The van der Waals surface area contributed by atoms with E-state index in [1.165, 1.54) is 33.2 Å².